The molecule has 2 N–H and O–H groups in total. The summed E-state index contributed by atoms with van der Waals surface area (Å²) < 4.78 is 4.61. The summed E-state index contributed by atoms with van der Waals surface area (Å²) in [7, 11) is 1.30. The number of hydrogen-bond donors (Lipinski definition) is 2. The molecule has 0 aromatic heterocycles. The van der Waals surface area contributed by atoms with E-state index in [1.165, 1.54) is 26.4 Å². The molecule has 2 amide bonds. The van der Waals surface area contributed by atoms with E-state index in [0.717, 1.165) is 19.0 Å². The average Bonchev–Trinajstić information content (AvgIpc) is 2.57. The van der Waals surface area contributed by atoms with Gasteiger partial charge in [0.05, 0.1) is 7.11 Å². The number of carbonyl (C=O) groups excluding carboxylic acids is 2. The van der Waals surface area contributed by atoms with E-state index in [0.29, 0.717) is 6.54 Å². The molecule has 1 rings (SSSR count). The number of amides is 2. The fourth-order valence-corrected chi connectivity index (χ4v) is 3.19. The maximum Gasteiger partial charge on any atom is 0.407 e. The average molecular weight is 341 g/mol. The standard InChI is InChI=1S/C18H35N3O3/c1-7-14-9-8-10-21(11-14)18(4,5)12-19-16(22)15(13(2)3)20-17(23)24-6/h13-15H,7-12H2,1-6H3,(H,19,22)(H,20,23). The number of likely N-dealkylation sites (tertiary alicyclic amines) is 1. The molecule has 0 aromatic carbocycles. The second-order valence-electron chi connectivity index (χ2n) is 7.75. The summed E-state index contributed by atoms with van der Waals surface area (Å²) in [5.74, 6) is 0.581. The van der Waals surface area contributed by atoms with Crippen LogP contribution in [-0.4, -0.2) is 55.2 Å². The zero-order valence-electron chi connectivity index (χ0n) is 16.1. The zero-order chi connectivity index (χ0) is 18.3. The summed E-state index contributed by atoms with van der Waals surface area (Å²) in [4.78, 5) is 26.4. The maximum absolute atomic E-state index is 12.5. The molecular formula is C18H35N3O3. The fraction of sp³-hybridized carbons (Fsp3) is 0.889. The molecule has 6 heteroatoms. The Morgan fingerprint density at radius 2 is 2.00 bits per heavy atom. The molecular weight excluding hydrogens is 306 g/mol. The summed E-state index contributed by atoms with van der Waals surface area (Å²) in [5, 5.41) is 5.62. The Balaban J connectivity index is 2.60. The van der Waals surface area contributed by atoms with Crippen LogP contribution in [0, 0.1) is 11.8 Å². The minimum Gasteiger partial charge on any atom is -0.453 e. The first-order chi connectivity index (χ1) is 11.2. The Morgan fingerprint density at radius 1 is 1.33 bits per heavy atom. The molecule has 1 heterocycles. The lowest BCUT2D eigenvalue weighted by molar-refractivity contribution is -0.124. The van der Waals surface area contributed by atoms with E-state index < -0.39 is 12.1 Å². The van der Waals surface area contributed by atoms with Crippen LogP contribution in [0.4, 0.5) is 4.79 Å². The first-order valence-electron chi connectivity index (χ1n) is 9.08. The molecule has 0 spiro atoms. The third-order valence-electron chi connectivity index (χ3n) is 5.06. The summed E-state index contributed by atoms with van der Waals surface area (Å²) in [5.41, 5.74) is -0.101. The van der Waals surface area contributed by atoms with Gasteiger partial charge >= 0.3 is 6.09 Å². The Bertz CT molecular complexity index is 424. The van der Waals surface area contributed by atoms with E-state index in [1.807, 2.05) is 13.8 Å². The van der Waals surface area contributed by atoms with Crippen LogP contribution in [0.2, 0.25) is 0 Å². The second-order valence-corrected chi connectivity index (χ2v) is 7.75. The van der Waals surface area contributed by atoms with Crippen LogP contribution in [0.3, 0.4) is 0 Å². The lowest BCUT2D eigenvalue weighted by Crippen LogP contribution is -2.57. The molecule has 0 bridgehead atoms. The van der Waals surface area contributed by atoms with Crippen LogP contribution in [0.1, 0.15) is 53.9 Å². The van der Waals surface area contributed by atoms with Gasteiger partial charge in [0.2, 0.25) is 5.91 Å². The molecule has 140 valence electrons. The van der Waals surface area contributed by atoms with E-state index >= 15 is 0 Å². The van der Waals surface area contributed by atoms with Gasteiger partial charge in [0.1, 0.15) is 6.04 Å². The smallest absolute Gasteiger partial charge is 0.407 e. The number of nitrogens with zero attached hydrogens (tertiary/aromatic N) is 1. The third-order valence-corrected chi connectivity index (χ3v) is 5.06. The molecule has 6 nitrogen and oxygen atoms in total. The first kappa shape index (κ1) is 20.7. The monoisotopic (exact) mass is 341 g/mol. The lowest BCUT2D eigenvalue weighted by atomic mass is 9.91. The molecule has 1 saturated heterocycles. The zero-order valence-corrected chi connectivity index (χ0v) is 16.1. The summed E-state index contributed by atoms with van der Waals surface area (Å²) >= 11 is 0. The summed E-state index contributed by atoms with van der Waals surface area (Å²) in [6.07, 6.45) is 3.14. The Morgan fingerprint density at radius 3 is 2.54 bits per heavy atom. The fourth-order valence-electron chi connectivity index (χ4n) is 3.19. The quantitative estimate of drug-likeness (QED) is 0.746. The van der Waals surface area contributed by atoms with E-state index in [9.17, 15) is 9.59 Å². The van der Waals surface area contributed by atoms with Crippen molar-refractivity contribution < 1.29 is 14.3 Å². The number of hydrogen-bond acceptors (Lipinski definition) is 4. The normalized spacial score (nSPS) is 20.5. The molecule has 24 heavy (non-hydrogen) atoms. The van der Waals surface area contributed by atoms with E-state index in [2.05, 4.69) is 41.0 Å². The topological polar surface area (TPSA) is 70.7 Å². The highest BCUT2D eigenvalue weighted by molar-refractivity contribution is 5.85. The van der Waals surface area contributed by atoms with Crippen molar-refractivity contribution in [3.05, 3.63) is 0 Å². The Kier molecular flexibility index (Phi) is 8.00. The van der Waals surface area contributed by atoms with Crippen molar-refractivity contribution in [2.75, 3.05) is 26.7 Å². The number of carbonyl (C=O) groups is 2. The van der Waals surface area contributed by atoms with Gasteiger partial charge in [-0.3, -0.25) is 9.69 Å². The number of methoxy groups -OCH3 is 1. The van der Waals surface area contributed by atoms with Gasteiger partial charge in [-0.1, -0.05) is 27.2 Å². The van der Waals surface area contributed by atoms with Gasteiger partial charge in [0.15, 0.2) is 0 Å². The minimum atomic E-state index is -0.585. The van der Waals surface area contributed by atoms with Crippen molar-refractivity contribution in [2.24, 2.45) is 11.8 Å². The van der Waals surface area contributed by atoms with Gasteiger partial charge in [0.25, 0.3) is 0 Å². The van der Waals surface area contributed by atoms with Crippen LogP contribution in [0.25, 0.3) is 0 Å². The lowest BCUT2D eigenvalue weighted by Gasteiger charge is -2.43. The molecule has 2 unspecified atom stereocenters. The highest BCUT2D eigenvalue weighted by Gasteiger charge is 2.32. The summed E-state index contributed by atoms with van der Waals surface area (Å²) in [6.45, 7) is 13.1. The van der Waals surface area contributed by atoms with Gasteiger partial charge in [-0.2, -0.15) is 0 Å². The van der Waals surface area contributed by atoms with Crippen molar-refractivity contribution in [3.8, 4) is 0 Å². The van der Waals surface area contributed by atoms with Crippen molar-refractivity contribution in [2.45, 2.75) is 65.5 Å². The van der Waals surface area contributed by atoms with E-state index in [1.54, 1.807) is 0 Å². The molecule has 0 aromatic rings. The van der Waals surface area contributed by atoms with Gasteiger partial charge in [-0.05, 0) is 45.1 Å². The highest BCUT2D eigenvalue weighted by atomic mass is 16.5. The number of nitrogens with one attached hydrogen (secondary N) is 2. The number of rotatable bonds is 7. The van der Waals surface area contributed by atoms with E-state index in [-0.39, 0.29) is 17.4 Å². The minimum absolute atomic E-state index is 0.00771. The van der Waals surface area contributed by atoms with Crippen molar-refractivity contribution >= 4 is 12.0 Å². The first-order valence-corrected chi connectivity index (χ1v) is 9.08. The number of alkyl carbamates (subject to hydrolysis) is 1. The van der Waals surface area contributed by atoms with E-state index in [4.69, 9.17) is 0 Å². The molecule has 1 fully saturated rings. The number of piperidine rings is 1. The predicted molar refractivity (Wildman–Crippen MR) is 95.8 cm³/mol. The van der Waals surface area contributed by atoms with Crippen LogP contribution >= 0.6 is 0 Å². The van der Waals surface area contributed by atoms with Crippen LogP contribution in [0.15, 0.2) is 0 Å². The van der Waals surface area contributed by atoms with Crippen LogP contribution < -0.4 is 10.6 Å². The highest BCUT2D eigenvalue weighted by Crippen LogP contribution is 2.25. The largest absolute Gasteiger partial charge is 0.453 e. The molecule has 0 radical (unpaired) electrons. The molecule has 1 aliphatic rings. The molecule has 0 saturated carbocycles. The van der Waals surface area contributed by atoms with Gasteiger partial charge in [0, 0.05) is 18.6 Å². The molecule has 1 aliphatic heterocycles. The van der Waals surface area contributed by atoms with Crippen molar-refractivity contribution in [1.29, 1.82) is 0 Å². The van der Waals surface area contributed by atoms with Gasteiger partial charge < -0.3 is 15.4 Å². The number of ether oxygens (including phenoxy) is 1. The van der Waals surface area contributed by atoms with Crippen LogP contribution in [0.5, 0.6) is 0 Å². The SMILES string of the molecule is CCC1CCCN(C(C)(C)CNC(=O)C(NC(=O)OC)C(C)C)C1. The predicted octanol–water partition coefficient (Wildman–Crippen LogP) is 2.38. The Hall–Kier alpha value is -1.30. The third kappa shape index (κ3) is 5.96. The van der Waals surface area contributed by atoms with Gasteiger partial charge in [-0.15, -0.1) is 0 Å². The van der Waals surface area contributed by atoms with Crippen LogP contribution in [-0.2, 0) is 9.53 Å². The van der Waals surface area contributed by atoms with Crippen molar-refractivity contribution in [1.82, 2.24) is 15.5 Å². The van der Waals surface area contributed by atoms with Gasteiger partial charge in [-0.25, -0.2) is 4.79 Å². The van der Waals surface area contributed by atoms with Crippen molar-refractivity contribution in [3.63, 3.8) is 0 Å². The Labute approximate surface area is 146 Å². The second kappa shape index (κ2) is 9.25. The molecule has 2 atom stereocenters. The maximum atomic E-state index is 12.5. The molecule has 0 aliphatic carbocycles. The summed E-state index contributed by atoms with van der Waals surface area (Å²) in [6, 6.07) is -0.585.